The number of anilines is 1. The molecule has 3 aromatic rings. The van der Waals surface area contributed by atoms with Gasteiger partial charge in [0.1, 0.15) is 5.69 Å². The van der Waals surface area contributed by atoms with E-state index in [0.29, 0.717) is 0 Å². The number of carbonyl (C=O) groups is 1. The van der Waals surface area contributed by atoms with E-state index in [1.165, 1.54) is 18.6 Å². The molecule has 3 rings (SSSR count). The molecule has 0 bridgehead atoms. The van der Waals surface area contributed by atoms with Gasteiger partial charge in [-0.1, -0.05) is 18.2 Å². The Morgan fingerprint density at radius 2 is 2.05 bits per heavy atom. The maximum absolute atomic E-state index is 12.1. The third-order valence-electron chi connectivity index (χ3n) is 2.89. The van der Waals surface area contributed by atoms with Gasteiger partial charge in [0.25, 0.3) is 5.91 Å². The van der Waals surface area contributed by atoms with Gasteiger partial charge in [-0.05, 0) is 19.1 Å². The molecule has 0 fully saturated rings. The molecule has 5 heteroatoms. The van der Waals surface area contributed by atoms with Crippen molar-refractivity contribution in [2.75, 3.05) is 5.32 Å². The molecule has 0 unspecified atom stereocenters. The highest BCUT2D eigenvalue weighted by Crippen LogP contribution is 2.23. The lowest BCUT2D eigenvalue weighted by Crippen LogP contribution is -2.14. The molecule has 0 spiro atoms. The third-order valence-corrected chi connectivity index (χ3v) is 2.89. The van der Waals surface area contributed by atoms with Gasteiger partial charge in [-0.3, -0.25) is 14.8 Å². The Bertz CT molecular complexity index is 771. The van der Waals surface area contributed by atoms with Crippen LogP contribution in [0.3, 0.4) is 0 Å². The standard InChI is InChI=1S/C15H12N4O/c1-10-8-13(11-4-2-3-5-12(11)18-10)19-15(20)14-9-16-6-7-17-14/h2-9H,1H3,(H,18,19,20). The van der Waals surface area contributed by atoms with Gasteiger partial charge in [0, 0.05) is 23.5 Å². The van der Waals surface area contributed by atoms with Crippen LogP contribution in [-0.4, -0.2) is 20.9 Å². The van der Waals surface area contributed by atoms with Crippen LogP contribution < -0.4 is 5.32 Å². The van der Waals surface area contributed by atoms with Crippen molar-refractivity contribution in [3.8, 4) is 0 Å². The second-order valence-corrected chi connectivity index (χ2v) is 4.37. The molecule has 5 nitrogen and oxygen atoms in total. The Kier molecular flexibility index (Phi) is 3.09. The van der Waals surface area contributed by atoms with Gasteiger partial charge < -0.3 is 5.32 Å². The fourth-order valence-electron chi connectivity index (χ4n) is 2.01. The van der Waals surface area contributed by atoms with Crippen LogP contribution in [0.4, 0.5) is 5.69 Å². The fourth-order valence-corrected chi connectivity index (χ4v) is 2.01. The molecule has 0 atom stereocenters. The smallest absolute Gasteiger partial charge is 0.275 e. The number of carbonyl (C=O) groups excluding carboxylic acids is 1. The van der Waals surface area contributed by atoms with Crippen LogP contribution in [0.1, 0.15) is 16.2 Å². The van der Waals surface area contributed by atoms with Crippen molar-refractivity contribution < 1.29 is 4.79 Å². The van der Waals surface area contributed by atoms with E-state index >= 15 is 0 Å². The lowest BCUT2D eigenvalue weighted by Gasteiger charge is -2.09. The summed E-state index contributed by atoms with van der Waals surface area (Å²) in [5, 5.41) is 3.76. The summed E-state index contributed by atoms with van der Waals surface area (Å²) in [7, 11) is 0. The summed E-state index contributed by atoms with van der Waals surface area (Å²) in [5.74, 6) is -0.283. The van der Waals surface area contributed by atoms with Gasteiger partial charge in [0.05, 0.1) is 17.4 Å². The average molecular weight is 264 g/mol. The summed E-state index contributed by atoms with van der Waals surface area (Å²) in [4.78, 5) is 24.5. The van der Waals surface area contributed by atoms with Gasteiger partial charge in [0.15, 0.2) is 0 Å². The number of aryl methyl sites for hydroxylation is 1. The van der Waals surface area contributed by atoms with Crippen molar-refractivity contribution in [2.24, 2.45) is 0 Å². The van der Waals surface area contributed by atoms with E-state index in [1.807, 2.05) is 37.3 Å². The highest BCUT2D eigenvalue weighted by atomic mass is 16.1. The van der Waals surface area contributed by atoms with Crippen LogP contribution in [-0.2, 0) is 0 Å². The number of hydrogen-bond donors (Lipinski definition) is 1. The largest absolute Gasteiger partial charge is 0.320 e. The highest BCUT2D eigenvalue weighted by molar-refractivity contribution is 6.07. The minimum atomic E-state index is -0.283. The van der Waals surface area contributed by atoms with Gasteiger partial charge in [-0.2, -0.15) is 0 Å². The number of hydrogen-bond acceptors (Lipinski definition) is 4. The van der Waals surface area contributed by atoms with Gasteiger partial charge >= 0.3 is 0 Å². The Balaban J connectivity index is 2.01. The number of fused-ring (bicyclic) bond motifs is 1. The van der Waals surface area contributed by atoms with Crippen molar-refractivity contribution in [3.05, 3.63) is 60.3 Å². The van der Waals surface area contributed by atoms with E-state index in [0.717, 1.165) is 22.3 Å². The molecule has 0 radical (unpaired) electrons. The zero-order valence-electron chi connectivity index (χ0n) is 10.9. The molecule has 1 aromatic carbocycles. The summed E-state index contributed by atoms with van der Waals surface area (Å²) in [6.45, 7) is 1.89. The van der Waals surface area contributed by atoms with E-state index in [9.17, 15) is 4.79 Å². The summed E-state index contributed by atoms with van der Waals surface area (Å²) in [6, 6.07) is 9.52. The Labute approximate surface area is 115 Å². The second-order valence-electron chi connectivity index (χ2n) is 4.37. The van der Waals surface area contributed by atoms with E-state index in [-0.39, 0.29) is 11.6 Å². The average Bonchev–Trinajstić information content (AvgIpc) is 2.48. The van der Waals surface area contributed by atoms with Gasteiger partial charge in [0.2, 0.25) is 0 Å². The van der Waals surface area contributed by atoms with Crippen LogP contribution in [0.15, 0.2) is 48.9 Å². The number of nitrogens with one attached hydrogen (secondary N) is 1. The fraction of sp³-hybridized carbons (Fsp3) is 0.0667. The van der Waals surface area contributed by atoms with E-state index in [1.54, 1.807) is 0 Å². The van der Waals surface area contributed by atoms with Crippen LogP contribution in [0.25, 0.3) is 10.9 Å². The monoisotopic (exact) mass is 264 g/mol. The van der Waals surface area contributed by atoms with Crippen LogP contribution >= 0.6 is 0 Å². The number of amides is 1. The number of benzene rings is 1. The lowest BCUT2D eigenvalue weighted by atomic mass is 10.1. The molecular weight excluding hydrogens is 252 g/mol. The van der Waals surface area contributed by atoms with E-state index < -0.39 is 0 Å². The van der Waals surface area contributed by atoms with Gasteiger partial charge in [-0.25, -0.2) is 4.98 Å². The molecule has 20 heavy (non-hydrogen) atoms. The predicted molar refractivity (Wildman–Crippen MR) is 76.5 cm³/mol. The van der Waals surface area contributed by atoms with E-state index in [2.05, 4.69) is 20.3 Å². The topological polar surface area (TPSA) is 67.8 Å². The van der Waals surface area contributed by atoms with Crippen molar-refractivity contribution in [1.29, 1.82) is 0 Å². The molecule has 1 amide bonds. The summed E-state index contributed by atoms with van der Waals surface area (Å²) >= 11 is 0. The van der Waals surface area contributed by atoms with E-state index in [4.69, 9.17) is 0 Å². The maximum Gasteiger partial charge on any atom is 0.275 e. The number of pyridine rings is 1. The second kappa shape index (κ2) is 5.05. The molecule has 1 N–H and O–H groups in total. The number of rotatable bonds is 2. The first-order valence-electron chi connectivity index (χ1n) is 6.18. The number of nitrogens with zero attached hydrogens (tertiary/aromatic N) is 3. The third kappa shape index (κ3) is 2.33. The van der Waals surface area contributed by atoms with Crippen molar-refractivity contribution in [2.45, 2.75) is 6.92 Å². The molecule has 0 saturated carbocycles. The quantitative estimate of drug-likeness (QED) is 0.772. The summed E-state index contributed by atoms with van der Waals surface area (Å²) in [5.41, 5.74) is 2.70. The first-order valence-corrected chi connectivity index (χ1v) is 6.18. The first-order chi connectivity index (χ1) is 9.74. The predicted octanol–water partition coefficient (Wildman–Crippen LogP) is 2.59. The SMILES string of the molecule is Cc1cc(NC(=O)c2cnccn2)c2ccccc2n1. The minimum absolute atomic E-state index is 0.283. The molecule has 0 aliphatic carbocycles. The molecule has 0 aliphatic rings. The molecular formula is C15H12N4O. The summed E-state index contributed by atoms with van der Waals surface area (Å²) < 4.78 is 0. The van der Waals surface area contributed by atoms with Crippen LogP contribution in [0.5, 0.6) is 0 Å². The highest BCUT2D eigenvalue weighted by Gasteiger charge is 2.10. The van der Waals surface area contributed by atoms with Crippen molar-refractivity contribution in [3.63, 3.8) is 0 Å². The van der Waals surface area contributed by atoms with Crippen molar-refractivity contribution >= 4 is 22.5 Å². The molecule has 2 aromatic heterocycles. The lowest BCUT2D eigenvalue weighted by molar-refractivity contribution is 0.102. The number of aromatic nitrogens is 3. The molecule has 0 saturated heterocycles. The summed E-state index contributed by atoms with van der Waals surface area (Å²) in [6.07, 6.45) is 4.46. The molecule has 98 valence electrons. The maximum atomic E-state index is 12.1. The Morgan fingerprint density at radius 3 is 2.85 bits per heavy atom. The molecule has 2 heterocycles. The number of para-hydroxylation sites is 1. The van der Waals surface area contributed by atoms with Crippen LogP contribution in [0.2, 0.25) is 0 Å². The van der Waals surface area contributed by atoms with Crippen LogP contribution in [0, 0.1) is 6.92 Å². The molecule has 0 aliphatic heterocycles. The minimum Gasteiger partial charge on any atom is -0.320 e. The first kappa shape index (κ1) is 12.2. The normalized spacial score (nSPS) is 10.4. The zero-order valence-corrected chi connectivity index (χ0v) is 10.9. The zero-order chi connectivity index (χ0) is 13.9. The Morgan fingerprint density at radius 1 is 1.20 bits per heavy atom. The Hall–Kier alpha value is -2.82. The van der Waals surface area contributed by atoms with Gasteiger partial charge in [-0.15, -0.1) is 0 Å². The van der Waals surface area contributed by atoms with Crippen molar-refractivity contribution in [1.82, 2.24) is 15.0 Å².